The van der Waals surface area contributed by atoms with Crippen molar-refractivity contribution in [1.29, 1.82) is 0 Å². The number of amides is 4. The van der Waals surface area contributed by atoms with E-state index >= 15 is 0 Å². The van der Waals surface area contributed by atoms with Gasteiger partial charge in [0.25, 0.3) is 5.91 Å². The Morgan fingerprint density at radius 2 is 1.61 bits per heavy atom. The lowest BCUT2D eigenvalue weighted by Crippen LogP contribution is -2.42. The highest BCUT2D eigenvalue weighted by atomic mass is 16.2. The van der Waals surface area contributed by atoms with E-state index in [1.165, 1.54) is 5.56 Å². The van der Waals surface area contributed by atoms with Crippen LogP contribution in [0.25, 0.3) is 0 Å². The third kappa shape index (κ3) is 4.48. The predicted octanol–water partition coefficient (Wildman–Crippen LogP) is 4.17. The summed E-state index contributed by atoms with van der Waals surface area (Å²) in [4.78, 5) is 39.5. The maximum atomic E-state index is 13.1. The van der Waals surface area contributed by atoms with E-state index in [-0.39, 0.29) is 12.5 Å². The van der Waals surface area contributed by atoms with Crippen LogP contribution in [0.3, 0.4) is 0 Å². The average Bonchev–Trinajstić information content (AvgIpc) is 2.98. The minimum atomic E-state index is -1.18. The number of nitrogens with zero attached hydrogens (tertiary/aromatic N) is 1. The molecule has 6 nitrogen and oxygen atoms in total. The van der Waals surface area contributed by atoms with E-state index in [1.54, 1.807) is 6.92 Å². The van der Waals surface area contributed by atoms with Crippen molar-refractivity contribution < 1.29 is 14.4 Å². The first-order chi connectivity index (χ1) is 14.8. The molecule has 1 saturated heterocycles. The van der Waals surface area contributed by atoms with Gasteiger partial charge in [0.05, 0.1) is 0 Å². The maximum Gasteiger partial charge on any atom is 0.325 e. The van der Waals surface area contributed by atoms with Crippen LogP contribution < -0.4 is 10.6 Å². The highest BCUT2D eigenvalue weighted by Gasteiger charge is 2.49. The lowest BCUT2D eigenvalue weighted by molar-refractivity contribution is -0.133. The van der Waals surface area contributed by atoms with Gasteiger partial charge in [-0.25, -0.2) is 4.79 Å². The Labute approximate surface area is 184 Å². The summed E-state index contributed by atoms with van der Waals surface area (Å²) in [7, 11) is 0. The smallest absolute Gasteiger partial charge is 0.324 e. The van der Waals surface area contributed by atoms with Crippen molar-refractivity contribution in [2.45, 2.75) is 58.9 Å². The molecule has 1 heterocycles. The van der Waals surface area contributed by atoms with E-state index in [0.717, 1.165) is 47.4 Å². The van der Waals surface area contributed by atoms with Crippen molar-refractivity contribution in [1.82, 2.24) is 10.2 Å². The molecule has 0 radical (unpaired) electrons. The van der Waals surface area contributed by atoms with Crippen molar-refractivity contribution in [2.75, 3.05) is 11.9 Å². The van der Waals surface area contributed by atoms with Crippen LogP contribution in [-0.4, -0.2) is 29.3 Å². The highest BCUT2D eigenvalue weighted by Crippen LogP contribution is 2.29. The molecule has 4 amide bonds. The van der Waals surface area contributed by atoms with Gasteiger partial charge in [-0.1, -0.05) is 69.7 Å². The van der Waals surface area contributed by atoms with Gasteiger partial charge in [-0.2, -0.15) is 0 Å². The molecule has 164 valence electrons. The van der Waals surface area contributed by atoms with Gasteiger partial charge in [0.15, 0.2) is 0 Å². The number of para-hydroxylation sites is 1. The third-order valence-corrected chi connectivity index (χ3v) is 5.91. The SMILES string of the molecule is CCCc1ccc([C@@]2(C)NC(=O)N(CC(=O)Nc3c(CC)cccc3CC)C2=O)cc1. The number of nitrogens with one attached hydrogen (secondary N) is 2. The number of urea groups is 1. The summed E-state index contributed by atoms with van der Waals surface area (Å²) in [5.74, 6) is -0.808. The van der Waals surface area contributed by atoms with E-state index in [9.17, 15) is 14.4 Å². The maximum absolute atomic E-state index is 13.1. The normalized spacial score (nSPS) is 18.3. The number of rotatable bonds is 8. The summed E-state index contributed by atoms with van der Waals surface area (Å²) in [5.41, 5.74) is 3.54. The predicted molar refractivity (Wildman–Crippen MR) is 122 cm³/mol. The van der Waals surface area contributed by atoms with Crippen molar-refractivity contribution >= 4 is 23.5 Å². The zero-order valence-electron chi connectivity index (χ0n) is 18.7. The monoisotopic (exact) mass is 421 g/mol. The van der Waals surface area contributed by atoms with Gasteiger partial charge in [-0.05, 0) is 48.4 Å². The third-order valence-electron chi connectivity index (χ3n) is 5.91. The number of anilines is 1. The summed E-state index contributed by atoms with van der Waals surface area (Å²) < 4.78 is 0. The molecule has 0 saturated carbocycles. The molecule has 1 aliphatic heterocycles. The number of hydrogen-bond acceptors (Lipinski definition) is 3. The van der Waals surface area contributed by atoms with Crippen LogP contribution in [0.2, 0.25) is 0 Å². The number of imide groups is 1. The first-order valence-corrected chi connectivity index (χ1v) is 11.0. The van der Waals surface area contributed by atoms with Crippen molar-refractivity contribution in [3.05, 3.63) is 64.7 Å². The molecular weight excluding hydrogens is 390 g/mol. The summed E-state index contributed by atoms with van der Waals surface area (Å²) in [6, 6.07) is 13.1. The first-order valence-electron chi connectivity index (χ1n) is 11.0. The van der Waals surface area contributed by atoms with Crippen LogP contribution in [-0.2, 0) is 34.4 Å². The Morgan fingerprint density at radius 1 is 1.00 bits per heavy atom. The molecule has 1 fully saturated rings. The minimum absolute atomic E-state index is 0.324. The number of carbonyl (C=O) groups excluding carboxylic acids is 3. The van der Waals surface area contributed by atoms with Crippen molar-refractivity contribution in [3.8, 4) is 0 Å². The summed E-state index contributed by atoms with van der Waals surface area (Å²) in [6.07, 6.45) is 3.55. The van der Waals surface area contributed by atoms with Gasteiger partial charge in [0.2, 0.25) is 5.91 Å². The summed E-state index contributed by atoms with van der Waals surface area (Å²) in [5, 5.41) is 5.69. The van der Waals surface area contributed by atoms with Gasteiger partial charge in [-0.3, -0.25) is 14.5 Å². The van der Waals surface area contributed by atoms with Crippen LogP contribution in [0.15, 0.2) is 42.5 Å². The summed E-state index contributed by atoms with van der Waals surface area (Å²) in [6.45, 7) is 7.52. The Morgan fingerprint density at radius 3 is 2.16 bits per heavy atom. The lowest BCUT2D eigenvalue weighted by atomic mass is 9.91. The van der Waals surface area contributed by atoms with Crippen LogP contribution in [0.5, 0.6) is 0 Å². The molecular formula is C25H31N3O3. The standard InChI is InChI=1S/C25H31N3O3/c1-5-9-17-12-14-20(15-13-17)25(4)23(30)28(24(31)27-25)16-21(29)26-22-18(6-2)10-8-11-19(22)7-3/h8,10-15H,5-7,9,16H2,1-4H3,(H,26,29)(H,27,31)/t25-/m1/s1. The van der Waals surface area contributed by atoms with E-state index in [0.29, 0.717) is 5.56 Å². The minimum Gasteiger partial charge on any atom is -0.324 e. The Kier molecular flexibility index (Phi) is 6.78. The fourth-order valence-electron chi connectivity index (χ4n) is 4.06. The lowest BCUT2D eigenvalue weighted by Gasteiger charge is -2.22. The molecule has 2 aromatic rings. The van der Waals surface area contributed by atoms with Crippen molar-refractivity contribution in [2.24, 2.45) is 0 Å². The molecule has 1 atom stereocenters. The van der Waals surface area contributed by atoms with E-state index in [1.807, 2.05) is 56.3 Å². The molecule has 6 heteroatoms. The Bertz CT molecular complexity index is 962. The second-order valence-corrected chi connectivity index (χ2v) is 8.10. The first kappa shape index (κ1) is 22.5. The van der Waals surface area contributed by atoms with Crippen LogP contribution >= 0.6 is 0 Å². The van der Waals surface area contributed by atoms with E-state index < -0.39 is 17.5 Å². The molecule has 31 heavy (non-hydrogen) atoms. The van der Waals surface area contributed by atoms with Crippen LogP contribution in [0, 0.1) is 0 Å². The molecule has 0 aromatic heterocycles. The number of benzene rings is 2. The largest absolute Gasteiger partial charge is 0.325 e. The number of aryl methyl sites for hydroxylation is 3. The van der Waals surface area contributed by atoms with Gasteiger partial charge in [0.1, 0.15) is 12.1 Å². The summed E-state index contributed by atoms with van der Waals surface area (Å²) >= 11 is 0. The topological polar surface area (TPSA) is 78.5 Å². The van der Waals surface area contributed by atoms with Crippen LogP contribution in [0.1, 0.15) is 56.4 Å². The zero-order valence-corrected chi connectivity index (χ0v) is 18.7. The van der Waals surface area contributed by atoms with E-state index in [4.69, 9.17) is 0 Å². The molecule has 1 aliphatic rings. The molecule has 3 rings (SSSR count). The molecule has 0 unspecified atom stereocenters. The zero-order chi connectivity index (χ0) is 22.6. The fourth-order valence-corrected chi connectivity index (χ4v) is 4.06. The van der Waals surface area contributed by atoms with Gasteiger partial charge >= 0.3 is 6.03 Å². The van der Waals surface area contributed by atoms with Gasteiger partial charge in [0, 0.05) is 5.69 Å². The number of hydrogen-bond donors (Lipinski definition) is 2. The van der Waals surface area contributed by atoms with Crippen molar-refractivity contribution in [3.63, 3.8) is 0 Å². The number of carbonyl (C=O) groups is 3. The second kappa shape index (κ2) is 9.33. The van der Waals surface area contributed by atoms with E-state index in [2.05, 4.69) is 17.6 Å². The fraction of sp³-hybridized carbons (Fsp3) is 0.400. The Hall–Kier alpha value is -3.15. The Balaban J connectivity index is 1.76. The van der Waals surface area contributed by atoms with Gasteiger partial charge in [-0.15, -0.1) is 0 Å². The second-order valence-electron chi connectivity index (χ2n) is 8.10. The molecule has 0 aliphatic carbocycles. The molecule has 0 spiro atoms. The van der Waals surface area contributed by atoms with Gasteiger partial charge < -0.3 is 10.6 Å². The molecule has 2 aromatic carbocycles. The quantitative estimate of drug-likeness (QED) is 0.628. The molecule has 0 bridgehead atoms. The molecule has 2 N–H and O–H groups in total. The average molecular weight is 422 g/mol. The van der Waals surface area contributed by atoms with Crippen LogP contribution in [0.4, 0.5) is 10.5 Å². The highest BCUT2D eigenvalue weighted by molar-refractivity contribution is 6.10.